The molecule has 3 fully saturated rings. The lowest BCUT2D eigenvalue weighted by Gasteiger charge is -2.56. The molecule has 0 aromatic heterocycles. The van der Waals surface area contributed by atoms with E-state index < -0.39 is 5.60 Å². The van der Waals surface area contributed by atoms with Gasteiger partial charge in [0.05, 0.1) is 10.0 Å². The van der Waals surface area contributed by atoms with Crippen molar-refractivity contribution < 1.29 is 5.11 Å². The van der Waals surface area contributed by atoms with Crippen molar-refractivity contribution >= 4 is 23.2 Å². The van der Waals surface area contributed by atoms with Crippen molar-refractivity contribution in [2.24, 2.45) is 11.8 Å². The SMILES string of the molecule is CN(C)C1C2CCC(CC2)C1(O)c1ccc(Cl)c(Cl)c1. The maximum atomic E-state index is 11.5. The van der Waals surface area contributed by atoms with E-state index in [9.17, 15) is 5.11 Å². The second-order valence-corrected chi connectivity index (χ2v) is 7.29. The lowest BCUT2D eigenvalue weighted by molar-refractivity contribution is -0.160. The van der Waals surface area contributed by atoms with Gasteiger partial charge in [-0.15, -0.1) is 0 Å². The number of hydrogen-bond acceptors (Lipinski definition) is 2. The quantitative estimate of drug-likeness (QED) is 0.894. The van der Waals surface area contributed by atoms with Crippen LogP contribution in [0.5, 0.6) is 0 Å². The van der Waals surface area contributed by atoms with Gasteiger partial charge in [0, 0.05) is 6.04 Å². The molecule has 20 heavy (non-hydrogen) atoms. The third-order valence-corrected chi connectivity index (χ3v) is 5.97. The van der Waals surface area contributed by atoms with Crippen molar-refractivity contribution in [3.05, 3.63) is 33.8 Å². The summed E-state index contributed by atoms with van der Waals surface area (Å²) >= 11 is 12.2. The number of benzene rings is 1. The molecule has 0 saturated heterocycles. The van der Waals surface area contributed by atoms with Crippen LogP contribution in [0.15, 0.2) is 18.2 Å². The van der Waals surface area contributed by atoms with E-state index in [2.05, 4.69) is 19.0 Å². The van der Waals surface area contributed by atoms with E-state index in [1.54, 1.807) is 6.07 Å². The molecule has 4 heteroatoms. The molecule has 2 bridgehead atoms. The molecule has 3 aliphatic carbocycles. The van der Waals surface area contributed by atoms with Crippen LogP contribution in [0.1, 0.15) is 31.2 Å². The first-order chi connectivity index (χ1) is 9.44. The van der Waals surface area contributed by atoms with Gasteiger partial charge in [-0.1, -0.05) is 29.3 Å². The Hall–Kier alpha value is -0.280. The fraction of sp³-hybridized carbons (Fsp3) is 0.625. The fourth-order valence-electron chi connectivity index (χ4n) is 4.44. The molecular formula is C16H21Cl2NO. The van der Waals surface area contributed by atoms with Gasteiger partial charge in [0.25, 0.3) is 0 Å². The molecule has 0 amide bonds. The minimum Gasteiger partial charge on any atom is -0.383 e. The number of likely N-dealkylation sites (N-methyl/N-ethyl adjacent to an activating group) is 1. The first-order valence-corrected chi connectivity index (χ1v) is 8.04. The van der Waals surface area contributed by atoms with Crippen LogP contribution in [0.25, 0.3) is 0 Å². The minimum atomic E-state index is -0.807. The summed E-state index contributed by atoms with van der Waals surface area (Å²) in [4.78, 5) is 2.18. The van der Waals surface area contributed by atoms with Crippen LogP contribution in [-0.2, 0) is 5.60 Å². The predicted octanol–water partition coefficient (Wildman–Crippen LogP) is 3.93. The first kappa shape index (κ1) is 14.6. The summed E-state index contributed by atoms with van der Waals surface area (Å²) in [5.74, 6) is 0.881. The van der Waals surface area contributed by atoms with Crippen molar-refractivity contribution in [1.29, 1.82) is 0 Å². The Kier molecular flexibility index (Phi) is 3.79. The van der Waals surface area contributed by atoms with Crippen molar-refractivity contribution in [1.82, 2.24) is 4.90 Å². The van der Waals surface area contributed by atoms with E-state index >= 15 is 0 Å². The van der Waals surface area contributed by atoms with E-state index in [-0.39, 0.29) is 6.04 Å². The molecule has 3 saturated carbocycles. The van der Waals surface area contributed by atoms with Crippen LogP contribution >= 0.6 is 23.2 Å². The van der Waals surface area contributed by atoms with Crippen LogP contribution in [0.2, 0.25) is 10.0 Å². The number of fused-ring (bicyclic) bond motifs is 3. The van der Waals surface area contributed by atoms with E-state index in [0.717, 1.165) is 18.4 Å². The summed E-state index contributed by atoms with van der Waals surface area (Å²) in [5.41, 5.74) is 0.110. The molecule has 110 valence electrons. The van der Waals surface area contributed by atoms with Crippen molar-refractivity contribution in [2.75, 3.05) is 14.1 Å². The van der Waals surface area contributed by atoms with E-state index in [1.165, 1.54) is 12.8 Å². The van der Waals surface area contributed by atoms with Gasteiger partial charge in [-0.05, 0) is 69.3 Å². The van der Waals surface area contributed by atoms with Crippen LogP contribution in [0.4, 0.5) is 0 Å². The molecule has 2 nitrogen and oxygen atoms in total. The Morgan fingerprint density at radius 2 is 1.75 bits per heavy atom. The van der Waals surface area contributed by atoms with Gasteiger partial charge >= 0.3 is 0 Å². The van der Waals surface area contributed by atoms with Gasteiger partial charge in [-0.25, -0.2) is 0 Å². The standard InChI is InChI=1S/C16H21Cl2NO/c1-19(2)15-10-3-5-11(6-4-10)16(15,20)12-7-8-13(17)14(18)9-12/h7-11,15,20H,3-6H2,1-2H3. The zero-order valence-electron chi connectivity index (χ0n) is 11.9. The smallest absolute Gasteiger partial charge is 0.108 e. The Morgan fingerprint density at radius 1 is 1.10 bits per heavy atom. The highest BCUT2D eigenvalue weighted by Crippen LogP contribution is 2.54. The Balaban J connectivity index is 2.08. The van der Waals surface area contributed by atoms with Gasteiger partial charge in [0.1, 0.15) is 5.60 Å². The number of nitrogens with zero attached hydrogens (tertiary/aromatic N) is 1. The summed E-state index contributed by atoms with van der Waals surface area (Å²) in [6, 6.07) is 5.74. The summed E-state index contributed by atoms with van der Waals surface area (Å²) in [7, 11) is 4.13. The monoisotopic (exact) mass is 313 g/mol. The first-order valence-electron chi connectivity index (χ1n) is 7.29. The summed E-state index contributed by atoms with van der Waals surface area (Å²) in [5, 5.41) is 12.6. The summed E-state index contributed by atoms with van der Waals surface area (Å²) in [6.45, 7) is 0. The fourth-order valence-corrected chi connectivity index (χ4v) is 4.74. The molecule has 3 aliphatic rings. The summed E-state index contributed by atoms with van der Waals surface area (Å²) < 4.78 is 0. The predicted molar refractivity (Wildman–Crippen MR) is 83.3 cm³/mol. The van der Waals surface area contributed by atoms with E-state index in [4.69, 9.17) is 23.2 Å². The molecule has 1 aromatic rings. The Bertz CT molecular complexity index is 511. The van der Waals surface area contributed by atoms with Crippen LogP contribution in [-0.4, -0.2) is 30.1 Å². The lowest BCUT2D eigenvalue weighted by atomic mass is 9.56. The normalized spacial score (nSPS) is 36.6. The molecule has 1 N–H and O–H groups in total. The molecule has 0 heterocycles. The summed E-state index contributed by atoms with van der Waals surface area (Å²) in [6.07, 6.45) is 4.64. The average molecular weight is 314 g/mol. The minimum absolute atomic E-state index is 0.159. The van der Waals surface area contributed by atoms with Crippen molar-refractivity contribution in [3.8, 4) is 0 Å². The molecule has 4 rings (SSSR count). The number of rotatable bonds is 2. The average Bonchev–Trinajstić information content (AvgIpc) is 2.42. The van der Waals surface area contributed by atoms with E-state index in [0.29, 0.717) is 21.9 Å². The molecule has 2 unspecified atom stereocenters. The Morgan fingerprint density at radius 3 is 2.30 bits per heavy atom. The number of aliphatic hydroxyl groups is 1. The van der Waals surface area contributed by atoms with Gasteiger partial charge in [-0.3, -0.25) is 0 Å². The van der Waals surface area contributed by atoms with Crippen LogP contribution in [0.3, 0.4) is 0 Å². The van der Waals surface area contributed by atoms with Crippen LogP contribution in [0, 0.1) is 11.8 Å². The molecule has 2 atom stereocenters. The highest BCUT2D eigenvalue weighted by molar-refractivity contribution is 6.42. The van der Waals surface area contributed by atoms with Gasteiger partial charge < -0.3 is 10.0 Å². The van der Waals surface area contributed by atoms with E-state index in [1.807, 2.05) is 12.1 Å². The zero-order valence-corrected chi connectivity index (χ0v) is 13.5. The van der Waals surface area contributed by atoms with Crippen molar-refractivity contribution in [3.63, 3.8) is 0 Å². The maximum absolute atomic E-state index is 11.5. The van der Waals surface area contributed by atoms with Gasteiger partial charge in [0.15, 0.2) is 0 Å². The van der Waals surface area contributed by atoms with Gasteiger partial charge in [-0.2, -0.15) is 0 Å². The molecule has 0 spiro atoms. The third kappa shape index (κ3) is 2.09. The topological polar surface area (TPSA) is 23.5 Å². The third-order valence-electron chi connectivity index (χ3n) is 5.23. The largest absolute Gasteiger partial charge is 0.383 e. The van der Waals surface area contributed by atoms with Gasteiger partial charge in [0.2, 0.25) is 0 Å². The second-order valence-electron chi connectivity index (χ2n) is 6.47. The molecule has 0 radical (unpaired) electrons. The van der Waals surface area contributed by atoms with Crippen molar-refractivity contribution in [2.45, 2.75) is 37.3 Å². The molecule has 0 aliphatic heterocycles. The Labute approximate surface area is 130 Å². The zero-order chi connectivity index (χ0) is 14.5. The number of hydrogen-bond donors (Lipinski definition) is 1. The lowest BCUT2D eigenvalue weighted by Crippen LogP contribution is -2.61. The van der Waals surface area contributed by atoms with Crippen LogP contribution < -0.4 is 0 Å². The molecule has 1 aromatic carbocycles. The highest BCUT2D eigenvalue weighted by Gasteiger charge is 2.55. The highest BCUT2D eigenvalue weighted by atomic mass is 35.5. The molecular weight excluding hydrogens is 293 g/mol. The number of halogens is 2. The second kappa shape index (κ2) is 5.17. The maximum Gasteiger partial charge on any atom is 0.108 e.